The second-order valence-electron chi connectivity index (χ2n) is 5.45. The van der Waals surface area contributed by atoms with Crippen LogP contribution in [-0.2, 0) is 6.54 Å². The Hall–Kier alpha value is -1.55. The lowest BCUT2D eigenvalue weighted by Crippen LogP contribution is -2.36. The van der Waals surface area contributed by atoms with Crippen LogP contribution in [0.2, 0.25) is 0 Å². The summed E-state index contributed by atoms with van der Waals surface area (Å²) in [6.07, 6.45) is 4.04. The predicted molar refractivity (Wildman–Crippen MR) is 72.6 cm³/mol. The average molecular weight is 247 g/mol. The van der Waals surface area contributed by atoms with Crippen molar-refractivity contribution in [2.45, 2.75) is 32.7 Å². The van der Waals surface area contributed by atoms with Gasteiger partial charge in [0.15, 0.2) is 5.84 Å². The minimum Gasteiger partial charge on any atom is -0.409 e. The van der Waals surface area contributed by atoms with Crippen LogP contribution >= 0.6 is 0 Å². The molecular formula is C14H21N3O. The molecule has 2 rings (SSSR count). The predicted octanol–water partition coefficient (Wildman–Crippen LogP) is 2.06. The number of hydrogen-bond acceptors (Lipinski definition) is 3. The first-order valence-electron chi connectivity index (χ1n) is 6.40. The highest BCUT2D eigenvalue weighted by Crippen LogP contribution is 2.39. The van der Waals surface area contributed by atoms with Gasteiger partial charge < -0.3 is 16.3 Å². The molecule has 0 heterocycles. The van der Waals surface area contributed by atoms with Gasteiger partial charge in [-0.15, -0.1) is 0 Å². The van der Waals surface area contributed by atoms with Crippen LogP contribution in [0.25, 0.3) is 0 Å². The molecular weight excluding hydrogens is 226 g/mol. The Morgan fingerprint density at radius 1 is 1.39 bits per heavy atom. The number of nitrogens with zero attached hydrogens (tertiary/aromatic N) is 1. The number of oxime groups is 1. The van der Waals surface area contributed by atoms with E-state index in [0.717, 1.165) is 18.7 Å². The summed E-state index contributed by atoms with van der Waals surface area (Å²) in [6, 6.07) is 7.75. The van der Waals surface area contributed by atoms with Crippen molar-refractivity contribution in [3.8, 4) is 0 Å². The summed E-state index contributed by atoms with van der Waals surface area (Å²) in [4.78, 5) is 0. The topological polar surface area (TPSA) is 70.6 Å². The Morgan fingerprint density at radius 3 is 2.56 bits per heavy atom. The fourth-order valence-electron chi connectivity index (χ4n) is 2.32. The maximum Gasteiger partial charge on any atom is 0.170 e. The normalized spacial score (nSPS) is 18.4. The minimum atomic E-state index is 0.150. The molecule has 1 aliphatic rings. The number of nitrogens with one attached hydrogen (secondary N) is 1. The highest BCUT2D eigenvalue weighted by molar-refractivity contribution is 5.96. The van der Waals surface area contributed by atoms with Gasteiger partial charge in [-0.05, 0) is 23.8 Å². The summed E-state index contributed by atoms with van der Waals surface area (Å²) in [5.41, 5.74) is 7.98. The van der Waals surface area contributed by atoms with Gasteiger partial charge in [-0.3, -0.25) is 0 Å². The van der Waals surface area contributed by atoms with Crippen LogP contribution in [0.3, 0.4) is 0 Å². The summed E-state index contributed by atoms with van der Waals surface area (Å²) in [7, 11) is 0. The van der Waals surface area contributed by atoms with Gasteiger partial charge in [-0.2, -0.15) is 0 Å². The van der Waals surface area contributed by atoms with Crippen LogP contribution < -0.4 is 11.1 Å². The van der Waals surface area contributed by atoms with Crippen molar-refractivity contribution < 1.29 is 5.21 Å². The van der Waals surface area contributed by atoms with E-state index in [2.05, 4.69) is 17.4 Å². The molecule has 1 fully saturated rings. The van der Waals surface area contributed by atoms with Crippen LogP contribution in [-0.4, -0.2) is 17.6 Å². The maximum atomic E-state index is 8.57. The Bertz CT molecular complexity index is 421. The van der Waals surface area contributed by atoms with Crippen LogP contribution in [0, 0.1) is 5.41 Å². The van der Waals surface area contributed by atoms with Gasteiger partial charge >= 0.3 is 0 Å². The van der Waals surface area contributed by atoms with Crippen molar-refractivity contribution in [1.82, 2.24) is 5.32 Å². The molecule has 1 aromatic carbocycles. The van der Waals surface area contributed by atoms with Crippen LogP contribution in [0.1, 0.15) is 37.3 Å². The van der Waals surface area contributed by atoms with E-state index in [-0.39, 0.29) is 5.84 Å². The number of nitrogens with two attached hydrogens (primary N) is 1. The van der Waals surface area contributed by atoms with Gasteiger partial charge in [0.05, 0.1) is 0 Å². The van der Waals surface area contributed by atoms with E-state index in [1.807, 2.05) is 24.3 Å². The Balaban J connectivity index is 1.83. The zero-order chi connectivity index (χ0) is 13.0. The molecule has 4 N–H and O–H groups in total. The second kappa shape index (κ2) is 5.40. The Kier molecular flexibility index (Phi) is 3.87. The lowest BCUT2D eigenvalue weighted by atomic mass is 9.70. The van der Waals surface area contributed by atoms with Crippen LogP contribution in [0.4, 0.5) is 0 Å². The molecule has 1 aromatic rings. The highest BCUT2D eigenvalue weighted by atomic mass is 16.4. The smallest absolute Gasteiger partial charge is 0.170 e. The molecule has 98 valence electrons. The van der Waals surface area contributed by atoms with Gasteiger partial charge in [-0.25, -0.2) is 0 Å². The quantitative estimate of drug-likeness (QED) is 0.323. The van der Waals surface area contributed by atoms with Crippen molar-refractivity contribution in [3.63, 3.8) is 0 Å². The lowest BCUT2D eigenvalue weighted by Gasteiger charge is -2.38. The van der Waals surface area contributed by atoms with Gasteiger partial charge in [-0.1, -0.05) is 42.8 Å². The van der Waals surface area contributed by atoms with E-state index in [9.17, 15) is 0 Å². The number of amidine groups is 1. The van der Waals surface area contributed by atoms with Crippen molar-refractivity contribution in [3.05, 3.63) is 35.4 Å². The zero-order valence-corrected chi connectivity index (χ0v) is 10.8. The van der Waals surface area contributed by atoms with Crippen LogP contribution in [0.5, 0.6) is 0 Å². The number of hydrogen-bond donors (Lipinski definition) is 3. The SMILES string of the molecule is CC1(CNCc2ccc(/C(N)=N/O)cc2)CCC1. The van der Waals surface area contributed by atoms with Gasteiger partial charge in [0, 0.05) is 18.7 Å². The molecule has 0 radical (unpaired) electrons. The van der Waals surface area contributed by atoms with Crippen molar-refractivity contribution in [2.75, 3.05) is 6.54 Å². The summed E-state index contributed by atoms with van der Waals surface area (Å²) in [5.74, 6) is 0.150. The molecule has 0 amide bonds. The third kappa shape index (κ3) is 3.01. The summed E-state index contributed by atoms with van der Waals surface area (Å²) >= 11 is 0. The molecule has 4 heteroatoms. The van der Waals surface area contributed by atoms with E-state index in [4.69, 9.17) is 10.9 Å². The molecule has 18 heavy (non-hydrogen) atoms. The molecule has 0 spiro atoms. The standard InChI is InChI=1S/C14H21N3O/c1-14(7-2-8-14)10-16-9-11-3-5-12(6-4-11)13(15)17-18/h3-6,16,18H,2,7-10H2,1H3,(H2,15,17). The van der Waals surface area contributed by atoms with Crippen molar-refractivity contribution in [1.29, 1.82) is 0 Å². The lowest BCUT2D eigenvalue weighted by molar-refractivity contribution is 0.156. The van der Waals surface area contributed by atoms with Crippen molar-refractivity contribution in [2.24, 2.45) is 16.3 Å². The van der Waals surface area contributed by atoms with E-state index in [0.29, 0.717) is 5.41 Å². The molecule has 0 aliphatic heterocycles. The zero-order valence-electron chi connectivity index (χ0n) is 10.8. The number of benzene rings is 1. The van der Waals surface area contributed by atoms with E-state index in [1.165, 1.54) is 24.8 Å². The Morgan fingerprint density at radius 2 is 2.06 bits per heavy atom. The molecule has 0 unspecified atom stereocenters. The highest BCUT2D eigenvalue weighted by Gasteiger charge is 2.30. The van der Waals surface area contributed by atoms with Gasteiger partial charge in [0.2, 0.25) is 0 Å². The fraction of sp³-hybridized carbons (Fsp3) is 0.500. The summed E-state index contributed by atoms with van der Waals surface area (Å²) in [6.45, 7) is 4.28. The molecule has 0 saturated heterocycles. The average Bonchev–Trinajstić information content (AvgIpc) is 2.36. The van der Waals surface area contributed by atoms with E-state index >= 15 is 0 Å². The first-order valence-corrected chi connectivity index (χ1v) is 6.40. The molecule has 0 aromatic heterocycles. The van der Waals surface area contributed by atoms with Gasteiger partial charge in [0.1, 0.15) is 0 Å². The Labute approximate surface area is 108 Å². The molecule has 0 atom stereocenters. The largest absolute Gasteiger partial charge is 0.409 e. The van der Waals surface area contributed by atoms with Gasteiger partial charge in [0.25, 0.3) is 0 Å². The van der Waals surface area contributed by atoms with E-state index < -0.39 is 0 Å². The first-order chi connectivity index (χ1) is 8.63. The second-order valence-corrected chi connectivity index (χ2v) is 5.45. The third-order valence-electron chi connectivity index (χ3n) is 3.80. The first kappa shape index (κ1) is 12.9. The molecule has 0 bridgehead atoms. The molecule has 4 nitrogen and oxygen atoms in total. The summed E-state index contributed by atoms with van der Waals surface area (Å²) < 4.78 is 0. The number of rotatable bonds is 5. The summed E-state index contributed by atoms with van der Waals surface area (Å²) in [5, 5.41) is 15.0. The minimum absolute atomic E-state index is 0.150. The fourth-order valence-corrected chi connectivity index (χ4v) is 2.32. The molecule has 1 saturated carbocycles. The van der Waals surface area contributed by atoms with Crippen molar-refractivity contribution >= 4 is 5.84 Å². The monoisotopic (exact) mass is 247 g/mol. The molecule has 1 aliphatic carbocycles. The third-order valence-corrected chi connectivity index (χ3v) is 3.80. The maximum absolute atomic E-state index is 8.57. The van der Waals surface area contributed by atoms with Crippen LogP contribution in [0.15, 0.2) is 29.4 Å². The van der Waals surface area contributed by atoms with E-state index in [1.54, 1.807) is 0 Å².